The maximum absolute atomic E-state index is 11.2. The summed E-state index contributed by atoms with van der Waals surface area (Å²) >= 11 is 5.76. The number of sulfone groups is 1. The molecule has 90 valence electrons. The minimum atomic E-state index is -3.01. The van der Waals surface area contributed by atoms with Crippen LogP contribution in [0.4, 0.5) is 5.69 Å². The molecule has 1 aromatic carbocycles. The van der Waals surface area contributed by atoms with E-state index in [0.717, 1.165) is 0 Å². The Morgan fingerprint density at radius 1 is 1.44 bits per heavy atom. The van der Waals surface area contributed by atoms with Gasteiger partial charge in [0.05, 0.1) is 11.4 Å². The highest BCUT2D eigenvalue weighted by Gasteiger charge is 2.08. The quantitative estimate of drug-likeness (QED) is 0.822. The van der Waals surface area contributed by atoms with Crippen LogP contribution in [0.25, 0.3) is 0 Å². The Hall–Kier alpha value is -0.940. The summed E-state index contributed by atoms with van der Waals surface area (Å²) in [6.07, 6.45) is 0. The third-order valence-corrected chi connectivity index (χ3v) is 3.97. The van der Waals surface area contributed by atoms with Crippen molar-refractivity contribution in [1.82, 2.24) is 0 Å². The summed E-state index contributed by atoms with van der Waals surface area (Å²) in [6.45, 7) is 1.68. The van der Waals surface area contributed by atoms with Crippen LogP contribution in [0.3, 0.4) is 0 Å². The standard InChI is InChI=1S/C10H14ClNO3S/c1-2-16(13,14)6-5-15-10-7-8(11)3-4-9(10)12/h3-4,7H,2,5-6,12H2,1H3. The predicted octanol–water partition coefficient (Wildman–Crippen LogP) is 1.74. The second-order valence-corrected chi connectivity index (χ2v) is 6.18. The fourth-order valence-electron chi connectivity index (χ4n) is 1.06. The van der Waals surface area contributed by atoms with Gasteiger partial charge in [0.25, 0.3) is 0 Å². The van der Waals surface area contributed by atoms with E-state index >= 15 is 0 Å². The second kappa shape index (κ2) is 5.41. The van der Waals surface area contributed by atoms with E-state index in [1.54, 1.807) is 25.1 Å². The van der Waals surface area contributed by atoms with Gasteiger partial charge in [0.15, 0.2) is 9.84 Å². The van der Waals surface area contributed by atoms with Gasteiger partial charge < -0.3 is 10.5 Å². The largest absolute Gasteiger partial charge is 0.490 e. The summed E-state index contributed by atoms with van der Waals surface area (Å²) < 4.78 is 27.7. The third-order valence-electron chi connectivity index (χ3n) is 2.07. The smallest absolute Gasteiger partial charge is 0.153 e. The van der Waals surface area contributed by atoms with Crippen LogP contribution in [0.2, 0.25) is 5.02 Å². The van der Waals surface area contributed by atoms with Gasteiger partial charge in [0.1, 0.15) is 12.4 Å². The fourth-order valence-corrected chi connectivity index (χ4v) is 1.84. The molecule has 0 saturated heterocycles. The van der Waals surface area contributed by atoms with Crippen LogP contribution < -0.4 is 10.5 Å². The van der Waals surface area contributed by atoms with Crippen LogP contribution in [-0.4, -0.2) is 26.5 Å². The van der Waals surface area contributed by atoms with Crippen LogP contribution in [0.1, 0.15) is 6.92 Å². The normalized spacial score (nSPS) is 11.4. The molecule has 1 aromatic rings. The van der Waals surface area contributed by atoms with Crippen molar-refractivity contribution in [3.8, 4) is 5.75 Å². The van der Waals surface area contributed by atoms with Crippen LogP contribution in [0.15, 0.2) is 18.2 Å². The summed E-state index contributed by atoms with van der Waals surface area (Å²) in [5.74, 6) is 0.510. The molecule has 0 fully saturated rings. The van der Waals surface area contributed by atoms with Crippen molar-refractivity contribution in [3.63, 3.8) is 0 Å². The Morgan fingerprint density at radius 2 is 2.12 bits per heavy atom. The van der Waals surface area contributed by atoms with Gasteiger partial charge in [0, 0.05) is 16.8 Å². The lowest BCUT2D eigenvalue weighted by atomic mass is 10.3. The van der Waals surface area contributed by atoms with Gasteiger partial charge in [-0.3, -0.25) is 0 Å². The summed E-state index contributed by atoms with van der Waals surface area (Å²) in [4.78, 5) is 0. The molecule has 0 unspecified atom stereocenters. The lowest BCUT2D eigenvalue weighted by molar-refractivity contribution is 0.342. The molecule has 0 aliphatic carbocycles. The topological polar surface area (TPSA) is 69.4 Å². The lowest BCUT2D eigenvalue weighted by Crippen LogP contribution is -2.15. The number of rotatable bonds is 5. The number of hydrogen-bond acceptors (Lipinski definition) is 4. The maximum atomic E-state index is 11.2. The van der Waals surface area contributed by atoms with E-state index in [2.05, 4.69) is 0 Å². The summed E-state index contributed by atoms with van der Waals surface area (Å²) in [5, 5.41) is 0.502. The predicted molar refractivity (Wildman–Crippen MR) is 65.7 cm³/mol. The molecule has 1 rings (SSSR count). The molecule has 0 atom stereocenters. The van der Waals surface area contributed by atoms with E-state index in [-0.39, 0.29) is 18.1 Å². The zero-order chi connectivity index (χ0) is 12.2. The Labute approximate surface area is 100 Å². The Bertz CT molecular complexity index is 459. The molecule has 0 heterocycles. The molecule has 0 aromatic heterocycles. The highest BCUT2D eigenvalue weighted by atomic mass is 35.5. The monoisotopic (exact) mass is 263 g/mol. The summed E-state index contributed by atoms with van der Waals surface area (Å²) in [5.41, 5.74) is 6.08. The van der Waals surface area contributed by atoms with Crippen molar-refractivity contribution in [2.24, 2.45) is 0 Å². The molecular formula is C10H14ClNO3S. The number of halogens is 1. The first kappa shape index (κ1) is 13.1. The molecule has 0 radical (unpaired) electrons. The molecule has 0 aliphatic heterocycles. The summed E-state index contributed by atoms with van der Waals surface area (Å²) in [7, 11) is -3.01. The first-order valence-corrected chi connectivity index (χ1v) is 7.03. The van der Waals surface area contributed by atoms with Crippen molar-refractivity contribution >= 4 is 27.1 Å². The van der Waals surface area contributed by atoms with Crippen molar-refractivity contribution in [2.75, 3.05) is 23.8 Å². The molecule has 6 heteroatoms. The van der Waals surface area contributed by atoms with Crippen LogP contribution in [0.5, 0.6) is 5.75 Å². The fraction of sp³-hybridized carbons (Fsp3) is 0.400. The van der Waals surface area contributed by atoms with E-state index in [9.17, 15) is 8.42 Å². The average Bonchev–Trinajstić information content (AvgIpc) is 2.23. The molecular weight excluding hydrogens is 250 g/mol. The molecule has 0 aliphatic rings. The molecule has 16 heavy (non-hydrogen) atoms. The van der Waals surface area contributed by atoms with Crippen LogP contribution in [0, 0.1) is 0 Å². The van der Waals surface area contributed by atoms with Crippen molar-refractivity contribution in [2.45, 2.75) is 6.92 Å². The Balaban J connectivity index is 2.59. The van der Waals surface area contributed by atoms with Crippen LogP contribution in [-0.2, 0) is 9.84 Å². The van der Waals surface area contributed by atoms with Crippen LogP contribution >= 0.6 is 11.6 Å². The van der Waals surface area contributed by atoms with Gasteiger partial charge >= 0.3 is 0 Å². The van der Waals surface area contributed by atoms with E-state index in [1.807, 2.05) is 0 Å². The number of nitrogens with two attached hydrogens (primary N) is 1. The van der Waals surface area contributed by atoms with E-state index in [1.165, 1.54) is 0 Å². The van der Waals surface area contributed by atoms with Crippen molar-refractivity contribution in [1.29, 1.82) is 0 Å². The minimum absolute atomic E-state index is 0.0184. The zero-order valence-electron chi connectivity index (χ0n) is 8.94. The number of ether oxygens (including phenoxy) is 1. The first-order valence-electron chi connectivity index (χ1n) is 4.83. The third kappa shape index (κ3) is 3.90. The SMILES string of the molecule is CCS(=O)(=O)CCOc1cc(Cl)ccc1N. The molecule has 4 nitrogen and oxygen atoms in total. The van der Waals surface area contributed by atoms with Crippen molar-refractivity contribution in [3.05, 3.63) is 23.2 Å². The minimum Gasteiger partial charge on any atom is -0.490 e. The van der Waals surface area contributed by atoms with E-state index < -0.39 is 9.84 Å². The second-order valence-electron chi connectivity index (χ2n) is 3.27. The Morgan fingerprint density at radius 3 is 2.75 bits per heavy atom. The van der Waals surface area contributed by atoms with E-state index in [4.69, 9.17) is 22.1 Å². The molecule has 0 amide bonds. The molecule has 2 N–H and O–H groups in total. The highest BCUT2D eigenvalue weighted by molar-refractivity contribution is 7.91. The number of hydrogen-bond donors (Lipinski definition) is 1. The molecule has 0 bridgehead atoms. The van der Waals surface area contributed by atoms with Gasteiger partial charge in [-0.1, -0.05) is 18.5 Å². The maximum Gasteiger partial charge on any atom is 0.153 e. The van der Waals surface area contributed by atoms with Gasteiger partial charge in [-0.25, -0.2) is 8.42 Å². The first-order chi connectivity index (χ1) is 7.44. The average molecular weight is 264 g/mol. The van der Waals surface area contributed by atoms with Gasteiger partial charge in [-0.05, 0) is 12.1 Å². The van der Waals surface area contributed by atoms with Gasteiger partial charge in [0.2, 0.25) is 0 Å². The highest BCUT2D eigenvalue weighted by Crippen LogP contribution is 2.25. The van der Waals surface area contributed by atoms with Crippen molar-refractivity contribution < 1.29 is 13.2 Å². The Kier molecular flexibility index (Phi) is 4.44. The van der Waals surface area contributed by atoms with Gasteiger partial charge in [-0.15, -0.1) is 0 Å². The number of nitrogen functional groups attached to an aromatic ring is 1. The zero-order valence-corrected chi connectivity index (χ0v) is 10.5. The molecule has 0 spiro atoms. The summed E-state index contributed by atoms with van der Waals surface area (Å²) in [6, 6.07) is 4.83. The molecule has 0 saturated carbocycles. The lowest BCUT2D eigenvalue weighted by Gasteiger charge is -2.08. The number of benzene rings is 1. The number of anilines is 1. The van der Waals surface area contributed by atoms with Gasteiger partial charge in [-0.2, -0.15) is 0 Å². The van der Waals surface area contributed by atoms with E-state index in [0.29, 0.717) is 16.5 Å².